The van der Waals surface area contributed by atoms with Gasteiger partial charge >= 0.3 is 6.18 Å². The number of hydrogen-bond donors (Lipinski definition) is 2. The van der Waals surface area contributed by atoms with Gasteiger partial charge in [-0.25, -0.2) is 0 Å². The third-order valence-corrected chi connectivity index (χ3v) is 2.96. The number of halogens is 3. The zero-order chi connectivity index (χ0) is 16.9. The van der Waals surface area contributed by atoms with Crippen LogP contribution >= 0.6 is 0 Å². The molecule has 2 aromatic rings. The van der Waals surface area contributed by atoms with E-state index in [1.807, 2.05) is 0 Å². The Hall–Kier alpha value is -2.94. The van der Waals surface area contributed by atoms with E-state index in [2.05, 4.69) is 16.6 Å². The van der Waals surface area contributed by atoms with Crippen molar-refractivity contribution in [2.24, 2.45) is 0 Å². The van der Waals surface area contributed by atoms with Crippen molar-refractivity contribution in [1.29, 1.82) is 0 Å². The summed E-state index contributed by atoms with van der Waals surface area (Å²) in [6, 6.07) is 11.4. The van der Waals surface area contributed by atoms with Gasteiger partial charge in [0.15, 0.2) is 0 Å². The molecule has 0 spiro atoms. The number of anilines is 2. The number of benzene rings is 2. The van der Waals surface area contributed by atoms with Gasteiger partial charge in [0, 0.05) is 16.9 Å². The Bertz CT molecular complexity index is 748. The second kappa shape index (κ2) is 6.88. The highest BCUT2D eigenvalue weighted by atomic mass is 19.4. The van der Waals surface area contributed by atoms with Crippen LogP contribution in [0.2, 0.25) is 0 Å². The van der Waals surface area contributed by atoms with E-state index in [1.165, 1.54) is 12.1 Å². The number of carbonyl (C=O) groups excluding carboxylic acids is 1. The summed E-state index contributed by atoms with van der Waals surface area (Å²) in [5, 5.41) is 5.27. The van der Waals surface area contributed by atoms with Gasteiger partial charge in [-0.05, 0) is 36.4 Å². The summed E-state index contributed by atoms with van der Waals surface area (Å²) in [6.07, 6.45) is 0.845. The maximum Gasteiger partial charge on any atom is 0.416 e. The Labute approximate surface area is 131 Å². The molecular formula is C17H13F3N2O. The number of carbonyl (C=O) groups is 1. The van der Waals surface area contributed by atoms with E-state index < -0.39 is 17.6 Å². The van der Waals surface area contributed by atoms with Crippen molar-refractivity contribution in [3.63, 3.8) is 0 Å². The SMILES string of the molecule is C#Cc1cccc(NC(=O)CNc2cccc(C(F)(F)F)c2)c1. The quantitative estimate of drug-likeness (QED) is 0.843. The third-order valence-electron chi connectivity index (χ3n) is 2.96. The molecule has 0 aliphatic carbocycles. The Kier molecular flexibility index (Phi) is 4.91. The third kappa shape index (κ3) is 4.78. The molecule has 2 N–H and O–H groups in total. The molecule has 23 heavy (non-hydrogen) atoms. The van der Waals surface area contributed by atoms with Crippen molar-refractivity contribution >= 4 is 17.3 Å². The van der Waals surface area contributed by atoms with Gasteiger partial charge in [0.25, 0.3) is 0 Å². The molecule has 6 heteroatoms. The zero-order valence-electron chi connectivity index (χ0n) is 11.9. The van der Waals surface area contributed by atoms with Crippen LogP contribution in [-0.2, 0) is 11.0 Å². The van der Waals surface area contributed by atoms with Crippen LogP contribution in [0.5, 0.6) is 0 Å². The van der Waals surface area contributed by atoms with Crippen LogP contribution in [0.3, 0.4) is 0 Å². The summed E-state index contributed by atoms with van der Waals surface area (Å²) in [5.41, 5.74) is 0.585. The van der Waals surface area contributed by atoms with Gasteiger partial charge in [0.2, 0.25) is 5.91 Å². The number of nitrogens with one attached hydrogen (secondary N) is 2. The fraction of sp³-hybridized carbons (Fsp3) is 0.118. The second-order valence-corrected chi connectivity index (χ2v) is 4.71. The van der Waals surface area contributed by atoms with Crippen LogP contribution < -0.4 is 10.6 Å². The lowest BCUT2D eigenvalue weighted by Gasteiger charge is -2.11. The van der Waals surface area contributed by atoms with Crippen molar-refractivity contribution in [2.45, 2.75) is 6.18 Å². The Morgan fingerprint density at radius 2 is 1.78 bits per heavy atom. The van der Waals surface area contributed by atoms with Crippen LogP contribution in [0.1, 0.15) is 11.1 Å². The molecule has 0 atom stereocenters. The molecule has 0 saturated heterocycles. The molecule has 0 aromatic heterocycles. The molecule has 2 aromatic carbocycles. The summed E-state index contributed by atoms with van der Waals surface area (Å²) < 4.78 is 37.8. The van der Waals surface area contributed by atoms with E-state index in [9.17, 15) is 18.0 Å². The minimum Gasteiger partial charge on any atom is -0.376 e. The Morgan fingerprint density at radius 3 is 2.48 bits per heavy atom. The van der Waals surface area contributed by atoms with Gasteiger partial charge in [-0.2, -0.15) is 13.2 Å². The average molecular weight is 318 g/mol. The fourth-order valence-electron chi connectivity index (χ4n) is 1.88. The van der Waals surface area contributed by atoms with Gasteiger partial charge in [0.05, 0.1) is 12.1 Å². The van der Waals surface area contributed by atoms with E-state index in [-0.39, 0.29) is 12.2 Å². The largest absolute Gasteiger partial charge is 0.416 e. The molecule has 0 aliphatic heterocycles. The van der Waals surface area contributed by atoms with Crippen molar-refractivity contribution in [2.75, 3.05) is 17.2 Å². The van der Waals surface area contributed by atoms with Gasteiger partial charge in [0.1, 0.15) is 0 Å². The van der Waals surface area contributed by atoms with Crippen LogP contribution in [0.15, 0.2) is 48.5 Å². The van der Waals surface area contributed by atoms with Gasteiger partial charge in [-0.3, -0.25) is 4.79 Å². The summed E-state index contributed by atoms with van der Waals surface area (Å²) in [4.78, 5) is 11.8. The summed E-state index contributed by atoms with van der Waals surface area (Å²) in [5.74, 6) is 2.05. The maximum atomic E-state index is 12.6. The van der Waals surface area contributed by atoms with Crippen LogP contribution in [0, 0.1) is 12.3 Å². The van der Waals surface area contributed by atoms with Crippen molar-refractivity contribution in [3.8, 4) is 12.3 Å². The second-order valence-electron chi connectivity index (χ2n) is 4.71. The standard InChI is InChI=1S/C17H13F3N2O/c1-2-12-5-3-8-15(9-12)22-16(23)11-21-14-7-4-6-13(10-14)17(18,19)20/h1,3-10,21H,11H2,(H,22,23). The predicted molar refractivity (Wildman–Crippen MR) is 82.9 cm³/mol. The first-order valence-electron chi connectivity index (χ1n) is 6.66. The molecule has 0 fully saturated rings. The van der Waals surface area contributed by atoms with E-state index in [0.717, 1.165) is 12.1 Å². The minimum atomic E-state index is -4.42. The molecule has 118 valence electrons. The topological polar surface area (TPSA) is 41.1 Å². The van der Waals surface area contributed by atoms with Gasteiger partial charge < -0.3 is 10.6 Å². The number of amides is 1. The number of hydrogen-bond acceptors (Lipinski definition) is 2. The molecule has 0 aliphatic rings. The van der Waals surface area contributed by atoms with E-state index >= 15 is 0 Å². The number of terminal acetylenes is 1. The lowest BCUT2D eigenvalue weighted by Crippen LogP contribution is -2.22. The number of rotatable bonds is 4. The molecule has 1 amide bonds. The molecule has 2 rings (SSSR count). The average Bonchev–Trinajstić information content (AvgIpc) is 2.52. The summed E-state index contributed by atoms with van der Waals surface area (Å²) in [7, 11) is 0. The zero-order valence-corrected chi connectivity index (χ0v) is 11.9. The highest BCUT2D eigenvalue weighted by Crippen LogP contribution is 2.30. The Balaban J connectivity index is 1.95. The fourth-order valence-corrected chi connectivity index (χ4v) is 1.88. The molecule has 0 radical (unpaired) electrons. The summed E-state index contributed by atoms with van der Waals surface area (Å²) in [6.45, 7) is -0.165. The van der Waals surface area contributed by atoms with Crippen molar-refractivity contribution < 1.29 is 18.0 Å². The lowest BCUT2D eigenvalue weighted by molar-refractivity contribution is -0.137. The van der Waals surface area contributed by atoms with Gasteiger partial charge in [-0.15, -0.1) is 6.42 Å². The van der Waals surface area contributed by atoms with Crippen molar-refractivity contribution in [3.05, 3.63) is 59.7 Å². The molecular weight excluding hydrogens is 305 g/mol. The highest BCUT2D eigenvalue weighted by Gasteiger charge is 2.30. The molecule has 0 unspecified atom stereocenters. The lowest BCUT2D eigenvalue weighted by atomic mass is 10.2. The predicted octanol–water partition coefficient (Wildman–Crippen LogP) is 3.74. The number of alkyl halides is 3. The van der Waals surface area contributed by atoms with E-state index in [1.54, 1.807) is 24.3 Å². The normalized spacial score (nSPS) is 10.7. The first kappa shape index (κ1) is 16.4. The van der Waals surface area contributed by atoms with Crippen LogP contribution in [0.4, 0.5) is 24.5 Å². The molecule has 0 heterocycles. The maximum absolute atomic E-state index is 12.6. The van der Waals surface area contributed by atoms with Crippen LogP contribution in [-0.4, -0.2) is 12.5 Å². The smallest absolute Gasteiger partial charge is 0.376 e. The first-order chi connectivity index (χ1) is 10.9. The van der Waals surface area contributed by atoms with E-state index in [4.69, 9.17) is 6.42 Å². The first-order valence-corrected chi connectivity index (χ1v) is 6.66. The molecule has 0 saturated carbocycles. The van der Waals surface area contributed by atoms with Crippen molar-refractivity contribution in [1.82, 2.24) is 0 Å². The monoisotopic (exact) mass is 318 g/mol. The van der Waals surface area contributed by atoms with Crippen LogP contribution in [0.25, 0.3) is 0 Å². The molecule has 0 bridgehead atoms. The molecule has 3 nitrogen and oxygen atoms in total. The summed E-state index contributed by atoms with van der Waals surface area (Å²) >= 11 is 0. The highest BCUT2D eigenvalue weighted by molar-refractivity contribution is 5.93. The van der Waals surface area contributed by atoms with Gasteiger partial charge in [-0.1, -0.05) is 18.1 Å². The van der Waals surface area contributed by atoms with E-state index in [0.29, 0.717) is 11.3 Å². The Morgan fingerprint density at radius 1 is 1.09 bits per heavy atom. The minimum absolute atomic E-state index is 0.165.